The van der Waals surface area contributed by atoms with Gasteiger partial charge < -0.3 is 19.7 Å². The number of carbonyl (C=O) groups excluding carboxylic acids is 1. The molecule has 1 saturated heterocycles. The van der Waals surface area contributed by atoms with Crippen LogP contribution in [-0.2, 0) is 4.79 Å². The zero-order valence-corrected chi connectivity index (χ0v) is 25.1. The van der Waals surface area contributed by atoms with Gasteiger partial charge in [-0.25, -0.2) is 4.39 Å². The summed E-state index contributed by atoms with van der Waals surface area (Å²) in [7, 11) is 0. The van der Waals surface area contributed by atoms with Gasteiger partial charge in [0.1, 0.15) is 17.3 Å². The topological polar surface area (TPSA) is 50.8 Å². The molecule has 2 aromatic rings. The predicted molar refractivity (Wildman–Crippen MR) is 165 cm³/mol. The summed E-state index contributed by atoms with van der Waals surface area (Å²) in [5.74, 6) is 3.29. The molecule has 2 aromatic carbocycles. The molecule has 0 aromatic heterocycles. The van der Waals surface area contributed by atoms with Crippen LogP contribution in [0.4, 0.5) is 4.39 Å². The molecule has 8 heteroatoms. The smallest absolute Gasteiger partial charge is 0.311 e. The maximum absolute atomic E-state index is 13.2. The SMILES string of the molecule is CC(C1=C(CCCC(=O)Oc2ccc(F)cc2)C2C=C(Cl)C=CC2N1)c1cccc(OCCCN2CCSCC2)c1. The van der Waals surface area contributed by atoms with Crippen molar-refractivity contribution in [1.29, 1.82) is 0 Å². The van der Waals surface area contributed by atoms with Crippen LogP contribution in [0.15, 0.2) is 83.1 Å². The standard InChI is InChI=1S/C33H38ClFN2O3S/c1-23(24-5-2-6-28(21-24)39-18-4-15-37-16-19-41-20-17-37)33-29(30-22-25(34)9-14-31(30)36-33)7-3-8-32(38)40-27-12-10-26(35)11-13-27/h2,5-6,9-14,21-23,30-31,36H,3-4,7-8,15-20H2,1H3. The minimum Gasteiger partial charge on any atom is -0.494 e. The summed E-state index contributed by atoms with van der Waals surface area (Å²) in [6, 6.07) is 14.0. The summed E-state index contributed by atoms with van der Waals surface area (Å²) >= 11 is 8.45. The van der Waals surface area contributed by atoms with Gasteiger partial charge in [-0.15, -0.1) is 0 Å². The molecule has 5 nitrogen and oxygen atoms in total. The first-order valence-corrected chi connectivity index (χ1v) is 16.0. The van der Waals surface area contributed by atoms with Crippen molar-refractivity contribution in [2.45, 2.75) is 44.6 Å². The predicted octanol–water partition coefficient (Wildman–Crippen LogP) is 7.06. The summed E-state index contributed by atoms with van der Waals surface area (Å²) in [4.78, 5) is 15.0. The van der Waals surface area contributed by atoms with Crippen molar-refractivity contribution in [1.82, 2.24) is 10.2 Å². The van der Waals surface area contributed by atoms with E-state index in [1.807, 2.05) is 23.9 Å². The number of allylic oxidation sites excluding steroid dienone is 3. The van der Waals surface area contributed by atoms with Gasteiger partial charge in [0, 0.05) is 60.1 Å². The Morgan fingerprint density at radius 1 is 1.15 bits per heavy atom. The highest BCUT2D eigenvalue weighted by atomic mass is 35.5. The summed E-state index contributed by atoms with van der Waals surface area (Å²) in [6.45, 7) is 6.36. The van der Waals surface area contributed by atoms with E-state index in [0.29, 0.717) is 18.8 Å². The van der Waals surface area contributed by atoms with Crippen molar-refractivity contribution in [3.05, 3.63) is 94.4 Å². The zero-order valence-electron chi connectivity index (χ0n) is 23.5. The normalized spacial score (nSPS) is 21.2. The van der Waals surface area contributed by atoms with E-state index < -0.39 is 0 Å². The molecule has 0 spiro atoms. The number of thioether (sulfide) groups is 1. The molecule has 1 fully saturated rings. The third kappa shape index (κ3) is 8.18. The van der Waals surface area contributed by atoms with Crippen LogP contribution in [0.3, 0.4) is 0 Å². The summed E-state index contributed by atoms with van der Waals surface area (Å²) in [5.41, 5.74) is 3.63. The fourth-order valence-corrected chi connectivity index (χ4v) is 6.90. The second-order valence-corrected chi connectivity index (χ2v) is 12.4. The van der Waals surface area contributed by atoms with E-state index in [2.05, 4.69) is 47.5 Å². The number of halogens is 2. The molecule has 0 saturated carbocycles. The molecule has 1 aliphatic carbocycles. The number of nitrogens with zero attached hydrogens (tertiary/aromatic N) is 1. The van der Waals surface area contributed by atoms with Crippen molar-refractivity contribution in [3.63, 3.8) is 0 Å². The van der Waals surface area contributed by atoms with Crippen molar-refractivity contribution in [2.75, 3.05) is 37.7 Å². The molecule has 5 rings (SSSR count). The van der Waals surface area contributed by atoms with Crippen LogP contribution in [0.5, 0.6) is 11.5 Å². The molecule has 2 aliphatic heterocycles. The quantitative estimate of drug-likeness (QED) is 0.161. The lowest BCUT2D eigenvalue weighted by molar-refractivity contribution is -0.134. The highest BCUT2D eigenvalue weighted by molar-refractivity contribution is 7.99. The van der Waals surface area contributed by atoms with Gasteiger partial charge in [0.2, 0.25) is 0 Å². The van der Waals surface area contributed by atoms with Crippen LogP contribution in [0, 0.1) is 11.7 Å². The van der Waals surface area contributed by atoms with Crippen LogP contribution in [0.2, 0.25) is 0 Å². The average molecular weight is 597 g/mol. The Hall–Kier alpha value is -2.74. The van der Waals surface area contributed by atoms with E-state index in [0.717, 1.165) is 30.2 Å². The second kappa shape index (κ2) is 14.4. The Kier molecular flexibility index (Phi) is 10.5. The van der Waals surface area contributed by atoms with Crippen molar-refractivity contribution in [3.8, 4) is 11.5 Å². The Bertz CT molecular complexity index is 1290. The van der Waals surface area contributed by atoms with Crippen LogP contribution < -0.4 is 14.8 Å². The molecule has 2 heterocycles. The van der Waals surface area contributed by atoms with Gasteiger partial charge in [-0.2, -0.15) is 11.8 Å². The highest BCUT2D eigenvalue weighted by Gasteiger charge is 2.35. The number of rotatable bonds is 12. The second-order valence-electron chi connectivity index (χ2n) is 10.8. The first-order valence-electron chi connectivity index (χ1n) is 14.5. The minimum atomic E-state index is -0.362. The van der Waals surface area contributed by atoms with Crippen LogP contribution in [0.25, 0.3) is 0 Å². The fraction of sp³-hybridized carbons (Fsp3) is 0.424. The van der Waals surface area contributed by atoms with Gasteiger partial charge in [-0.3, -0.25) is 4.79 Å². The number of hydrogen-bond donors (Lipinski definition) is 1. The van der Waals surface area contributed by atoms with Crippen molar-refractivity contribution < 1.29 is 18.7 Å². The van der Waals surface area contributed by atoms with E-state index in [9.17, 15) is 9.18 Å². The van der Waals surface area contributed by atoms with Gasteiger partial charge in [0.15, 0.2) is 0 Å². The van der Waals surface area contributed by atoms with Gasteiger partial charge in [-0.05, 0) is 72.9 Å². The highest BCUT2D eigenvalue weighted by Crippen LogP contribution is 2.41. The maximum atomic E-state index is 13.2. The third-order valence-corrected chi connectivity index (χ3v) is 9.11. The fourth-order valence-electron chi connectivity index (χ4n) is 5.71. The van der Waals surface area contributed by atoms with Crippen LogP contribution in [0.1, 0.15) is 44.1 Å². The van der Waals surface area contributed by atoms with E-state index in [1.165, 1.54) is 65.7 Å². The number of ether oxygens (including phenoxy) is 2. The Labute approximate surface area is 251 Å². The lowest BCUT2D eigenvalue weighted by Crippen LogP contribution is -2.33. The number of benzene rings is 2. The molecular formula is C33H38ClFN2O3S. The zero-order chi connectivity index (χ0) is 28.6. The Balaban J connectivity index is 1.22. The molecule has 41 heavy (non-hydrogen) atoms. The van der Waals surface area contributed by atoms with Crippen molar-refractivity contribution in [2.24, 2.45) is 5.92 Å². The molecular weight excluding hydrogens is 559 g/mol. The summed E-state index contributed by atoms with van der Waals surface area (Å²) < 4.78 is 24.7. The van der Waals surface area contributed by atoms with E-state index >= 15 is 0 Å². The lowest BCUT2D eigenvalue weighted by atomic mass is 9.85. The number of nitrogens with one attached hydrogen (secondary N) is 1. The van der Waals surface area contributed by atoms with Gasteiger partial charge >= 0.3 is 5.97 Å². The van der Waals surface area contributed by atoms with E-state index in [1.54, 1.807) is 0 Å². The number of esters is 1. The summed E-state index contributed by atoms with van der Waals surface area (Å²) in [5, 5.41) is 4.47. The molecule has 3 aliphatic rings. The Morgan fingerprint density at radius 2 is 1.95 bits per heavy atom. The Morgan fingerprint density at radius 3 is 2.76 bits per heavy atom. The molecule has 3 unspecified atom stereocenters. The van der Waals surface area contributed by atoms with Gasteiger partial charge in [0.05, 0.1) is 12.6 Å². The van der Waals surface area contributed by atoms with E-state index in [-0.39, 0.29) is 36.1 Å². The first-order chi connectivity index (χ1) is 20.0. The lowest BCUT2D eigenvalue weighted by Gasteiger charge is -2.25. The van der Waals surface area contributed by atoms with Gasteiger partial charge in [0.25, 0.3) is 0 Å². The molecule has 3 atom stereocenters. The molecule has 0 bridgehead atoms. The van der Waals surface area contributed by atoms with Gasteiger partial charge in [-0.1, -0.05) is 42.8 Å². The molecule has 0 radical (unpaired) electrons. The maximum Gasteiger partial charge on any atom is 0.311 e. The largest absolute Gasteiger partial charge is 0.494 e. The molecule has 0 amide bonds. The van der Waals surface area contributed by atoms with E-state index in [4.69, 9.17) is 21.1 Å². The summed E-state index contributed by atoms with van der Waals surface area (Å²) in [6.07, 6.45) is 8.84. The molecule has 1 N–H and O–H groups in total. The minimum absolute atomic E-state index is 0.122. The van der Waals surface area contributed by atoms with Crippen molar-refractivity contribution >= 4 is 29.3 Å². The number of carbonyl (C=O) groups is 1. The third-order valence-electron chi connectivity index (χ3n) is 7.91. The van der Waals surface area contributed by atoms with Crippen LogP contribution in [-0.4, -0.2) is 54.7 Å². The molecule has 218 valence electrons. The van der Waals surface area contributed by atoms with Crippen LogP contribution >= 0.6 is 23.4 Å². The monoisotopic (exact) mass is 596 g/mol. The number of hydrogen-bond acceptors (Lipinski definition) is 6. The average Bonchev–Trinajstić information content (AvgIpc) is 3.34. The first kappa shape index (κ1) is 29.7. The number of fused-ring (bicyclic) bond motifs is 1.